The standard InChI is InChI=1S/C20H23N3O3S/c1-25-6-7-26-15-3-2-14(10-15)23-20(24)17-8-13(19-11-21-12-27-19)9-18-16(17)4-5-22-18/h4-5,8-9,11-12,14-15,22H,2-3,6-7,10H2,1H3,(H,23,24). The van der Waals surface area contributed by atoms with Crippen molar-refractivity contribution in [3.8, 4) is 10.4 Å². The van der Waals surface area contributed by atoms with Gasteiger partial charge in [0.15, 0.2) is 0 Å². The number of nitrogens with zero attached hydrogens (tertiary/aromatic N) is 1. The number of amides is 1. The molecule has 0 aliphatic heterocycles. The lowest BCUT2D eigenvalue weighted by molar-refractivity contribution is 0.0200. The van der Waals surface area contributed by atoms with Crippen LogP contribution in [0.25, 0.3) is 21.3 Å². The Balaban J connectivity index is 1.49. The minimum absolute atomic E-state index is 0.0338. The van der Waals surface area contributed by atoms with E-state index >= 15 is 0 Å². The number of methoxy groups -OCH3 is 1. The number of benzene rings is 1. The number of aromatic nitrogens is 2. The summed E-state index contributed by atoms with van der Waals surface area (Å²) in [5.41, 5.74) is 4.46. The normalized spacial score (nSPS) is 19.6. The molecule has 2 unspecified atom stereocenters. The maximum Gasteiger partial charge on any atom is 0.252 e. The van der Waals surface area contributed by atoms with Gasteiger partial charge in [0, 0.05) is 42.0 Å². The molecule has 0 saturated heterocycles. The van der Waals surface area contributed by atoms with Crippen LogP contribution >= 0.6 is 11.3 Å². The molecular formula is C20H23N3O3S. The van der Waals surface area contributed by atoms with Crippen LogP contribution in [0, 0.1) is 0 Å². The molecule has 2 N–H and O–H groups in total. The van der Waals surface area contributed by atoms with E-state index in [2.05, 4.69) is 21.4 Å². The summed E-state index contributed by atoms with van der Waals surface area (Å²) in [7, 11) is 1.67. The lowest BCUT2D eigenvalue weighted by Crippen LogP contribution is -2.33. The number of carbonyl (C=O) groups excluding carboxylic acids is 1. The Morgan fingerprint density at radius 1 is 1.37 bits per heavy atom. The van der Waals surface area contributed by atoms with E-state index in [4.69, 9.17) is 9.47 Å². The number of carbonyl (C=O) groups is 1. The second-order valence-corrected chi connectivity index (χ2v) is 7.68. The van der Waals surface area contributed by atoms with Crippen LogP contribution in [-0.4, -0.2) is 48.3 Å². The summed E-state index contributed by atoms with van der Waals surface area (Å²) in [6.45, 7) is 1.20. The van der Waals surface area contributed by atoms with E-state index in [9.17, 15) is 4.79 Å². The maximum atomic E-state index is 13.0. The van der Waals surface area contributed by atoms with E-state index in [0.29, 0.717) is 18.8 Å². The molecule has 27 heavy (non-hydrogen) atoms. The van der Waals surface area contributed by atoms with Crippen LogP contribution in [0.3, 0.4) is 0 Å². The molecular weight excluding hydrogens is 362 g/mol. The third-order valence-corrected chi connectivity index (χ3v) is 5.81. The number of hydrogen-bond acceptors (Lipinski definition) is 5. The second-order valence-electron chi connectivity index (χ2n) is 6.80. The Hall–Kier alpha value is -2.22. The largest absolute Gasteiger partial charge is 0.382 e. The summed E-state index contributed by atoms with van der Waals surface area (Å²) in [5, 5.41) is 4.13. The molecule has 3 aromatic rings. The molecule has 1 amide bonds. The van der Waals surface area contributed by atoms with Gasteiger partial charge in [-0.3, -0.25) is 9.78 Å². The highest BCUT2D eigenvalue weighted by Crippen LogP contribution is 2.30. The minimum atomic E-state index is -0.0338. The first-order valence-corrected chi connectivity index (χ1v) is 10.0. The molecule has 7 heteroatoms. The van der Waals surface area contributed by atoms with Crippen LogP contribution in [0.5, 0.6) is 0 Å². The zero-order valence-corrected chi connectivity index (χ0v) is 16.1. The molecule has 4 rings (SSSR count). The smallest absolute Gasteiger partial charge is 0.252 e. The van der Waals surface area contributed by atoms with E-state index in [1.54, 1.807) is 24.0 Å². The Labute approximate surface area is 161 Å². The van der Waals surface area contributed by atoms with Crippen molar-refractivity contribution < 1.29 is 14.3 Å². The molecule has 0 bridgehead atoms. The van der Waals surface area contributed by atoms with Gasteiger partial charge in [0.1, 0.15) is 0 Å². The summed E-state index contributed by atoms with van der Waals surface area (Å²) < 4.78 is 10.8. The summed E-state index contributed by atoms with van der Waals surface area (Å²) in [6, 6.07) is 6.12. The Morgan fingerprint density at radius 3 is 3.11 bits per heavy atom. The molecule has 0 radical (unpaired) electrons. The number of aromatic amines is 1. The predicted molar refractivity (Wildman–Crippen MR) is 106 cm³/mol. The summed E-state index contributed by atoms with van der Waals surface area (Å²) >= 11 is 1.57. The van der Waals surface area contributed by atoms with E-state index in [1.807, 2.05) is 24.5 Å². The molecule has 1 aromatic carbocycles. The topological polar surface area (TPSA) is 76.2 Å². The van der Waals surface area contributed by atoms with Crippen LogP contribution in [0.15, 0.2) is 36.1 Å². The van der Waals surface area contributed by atoms with Gasteiger partial charge < -0.3 is 19.8 Å². The molecule has 1 fully saturated rings. The predicted octanol–water partition coefficient (Wildman–Crippen LogP) is 3.61. The van der Waals surface area contributed by atoms with Gasteiger partial charge in [-0.25, -0.2) is 0 Å². The SMILES string of the molecule is COCCOC1CCC(NC(=O)c2cc(-c3cncs3)cc3[nH]ccc23)C1. The number of hydrogen-bond donors (Lipinski definition) is 2. The number of H-pyrrole nitrogens is 1. The van der Waals surface area contributed by atoms with E-state index in [0.717, 1.165) is 40.6 Å². The number of ether oxygens (including phenoxy) is 2. The molecule has 2 heterocycles. The van der Waals surface area contributed by atoms with E-state index < -0.39 is 0 Å². The molecule has 2 aromatic heterocycles. The van der Waals surface area contributed by atoms with Gasteiger partial charge in [0.05, 0.1) is 29.7 Å². The zero-order valence-electron chi connectivity index (χ0n) is 15.2. The van der Waals surface area contributed by atoms with Gasteiger partial charge in [-0.15, -0.1) is 11.3 Å². The third kappa shape index (κ3) is 4.05. The lowest BCUT2D eigenvalue weighted by Gasteiger charge is -2.15. The molecule has 1 aliphatic carbocycles. The van der Waals surface area contributed by atoms with Crippen molar-refractivity contribution in [2.75, 3.05) is 20.3 Å². The quantitative estimate of drug-likeness (QED) is 0.609. The molecule has 1 saturated carbocycles. The molecule has 1 aliphatic rings. The van der Waals surface area contributed by atoms with Crippen molar-refractivity contribution >= 4 is 28.1 Å². The Bertz CT molecular complexity index is 906. The van der Waals surface area contributed by atoms with Crippen molar-refractivity contribution in [3.05, 3.63) is 41.7 Å². The monoisotopic (exact) mass is 385 g/mol. The number of rotatable bonds is 7. The Morgan fingerprint density at radius 2 is 2.30 bits per heavy atom. The van der Waals surface area contributed by atoms with Gasteiger partial charge in [0.2, 0.25) is 0 Å². The fraction of sp³-hybridized carbons (Fsp3) is 0.400. The number of thiazole rings is 1. The highest BCUT2D eigenvalue weighted by atomic mass is 32.1. The maximum absolute atomic E-state index is 13.0. The molecule has 2 atom stereocenters. The second kappa shape index (κ2) is 8.21. The van der Waals surface area contributed by atoms with E-state index in [-0.39, 0.29) is 18.1 Å². The van der Waals surface area contributed by atoms with Gasteiger partial charge >= 0.3 is 0 Å². The van der Waals surface area contributed by atoms with Gasteiger partial charge in [0.25, 0.3) is 5.91 Å². The van der Waals surface area contributed by atoms with Crippen molar-refractivity contribution in [1.82, 2.24) is 15.3 Å². The van der Waals surface area contributed by atoms with Gasteiger partial charge in [-0.05, 0) is 43.0 Å². The van der Waals surface area contributed by atoms with Gasteiger partial charge in [-0.1, -0.05) is 0 Å². The molecule has 142 valence electrons. The minimum Gasteiger partial charge on any atom is -0.382 e. The van der Waals surface area contributed by atoms with Gasteiger partial charge in [-0.2, -0.15) is 0 Å². The van der Waals surface area contributed by atoms with Crippen LogP contribution in [-0.2, 0) is 9.47 Å². The average Bonchev–Trinajstić information content (AvgIpc) is 3.42. The molecule has 0 spiro atoms. The lowest BCUT2D eigenvalue weighted by atomic mass is 10.0. The van der Waals surface area contributed by atoms with Crippen molar-refractivity contribution in [3.63, 3.8) is 0 Å². The highest BCUT2D eigenvalue weighted by molar-refractivity contribution is 7.13. The number of fused-ring (bicyclic) bond motifs is 1. The van der Waals surface area contributed by atoms with Crippen LogP contribution in [0.4, 0.5) is 0 Å². The van der Waals surface area contributed by atoms with E-state index in [1.165, 1.54) is 0 Å². The van der Waals surface area contributed by atoms with Crippen LogP contribution in [0.2, 0.25) is 0 Å². The zero-order chi connectivity index (χ0) is 18.6. The van der Waals surface area contributed by atoms with Crippen LogP contribution < -0.4 is 5.32 Å². The first-order chi connectivity index (χ1) is 13.2. The third-order valence-electron chi connectivity index (χ3n) is 4.99. The number of nitrogens with one attached hydrogen (secondary N) is 2. The highest BCUT2D eigenvalue weighted by Gasteiger charge is 2.27. The van der Waals surface area contributed by atoms with Crippen molar-refractivity contribution in [2.24, 2.45) is 0 Å². The molecule has 6 nitrogen and oxygen atoms in total. The summed E-state index contributed by atoms with van der Waals surface area (Å²) in [4.78, 5) is 21.4. The first-order valence-electron chi connectivity index (χ1n) is 9.16. The average molecular weight is 385 g/mol. The fourth-order valence-corrected chi connectivity index (χ4v) is 4.25. The van der Waals surface area contributed by atoms with Crippen molar-refractivity contribution in [2.45, 2.75) is 31.4 Å². The van der Waals surface area contributed by atoms with Crippen molar-refractivity contribution in [1.29, 1.82) is 0 Å². The summed E-state index contributed by atoms with van der Waals surface area (Å²) in [6.07, 6.45) is 6.65. The fourth-order valence-electron chi connectivity index (χ4n) is 3.64. The van der Waals surface area contributed by atoms with Crippen LogP contribution in [0.1, 0.15) is 29.6 Å². The first kappa shape index (κ1) is 18.2. The Kier molecular flexibility index (Phi) is 5.52. The summed E-state index contributed by atoms with van der Waals surface area (Å²) in [5.74, 6) is -0.0338.